The highest BCUT2D eigenvalue weighted by Crippen LogP contribution is 2.28. The Bertz CT molecular complexity index is 1020. The molecule has 31 heavy (non-hydrogen) atoms. The van der Waals surface area contributed by atoms with Crippen molar-refractivity contribution in [3.63, 3.8) is 0 Å². The smallest absolute Gasteiger partial charge is 0.254 e. The molecule has 2 aromatic carbocycles. The molecule has 1 heterocycles. The normalized spacial score (nSPS) is 10.6. The Morgan fingerprint density at radius 3 is 2.48 bits per heavy atom. The first kappa shape index (κ1) is 22.2. The molecule has 0 bridgehead atoms. The van der Waals surface area contributed by atoms with Crippen molar-refractivity contribution in [2.75, 3.05) is 20.8 Å². The summed E-state index contributed by atoms with van der Waals surface area (Å²) in [4.78, 5) is 14.9. The molecule has 0 saturated carbocycles. The van der Waals surface area contributed by atoms with Crippen LogP contribution in [-0.2, 0) is 13.2 Å². The molecule has 0 saturated heterocycles. The fraction of sp³-hybridized carbons (Fsp3) is 0.333. The van der Waals surface area contributed by atoms with E-state index in [1.165, 1.54) is 0 Å². The third-order valence-electron chi connectivity index (χ3n) is 5.14. The summed E-state index contributed by atoms with van der Waals surface area (Å²) in [5.74, 6) is 2.58. The summed E-state index contributed by atoms with van der Waals surface area (Å²) >= 11 is 0. The average Bonchev–Trinajstić information content (AvgIpc) is 3.12. The second-order valence-electron chi connectivity index (χ2n) is 7.13. The SMILES string of the molecule is CCN(Cc1ccc(OC)c(OC)c1)C(=O)c1cccc(OCc2c(C)noc2C)c1. The largest absolute Gasteiger partial charge is 0.493 e. The second-order valence-corrected chi connectivity index (χ2v) is 7.13. The number of aromatic nitrogens is 1. The second kappa shape index (κ2) is 10.0. The van der Waals surface area contributed by atoms with E-state index in [1.54, 1.807) is 31.3 Å². The number of carbonyl (C=O) groups excluding carboxylic acids is 1. The Labute approximate surface area is 182 Å². The number of carbonyl (C=O) groups is 1. The molecular weight excluding hydrogens is 396 g/mol. The highest BCUT2D eigenvalue weighted by atomic mass is 16.5. The van der Waals surface area contributed by atoms with Crippen LogP contribution in [0.2, 0.25) is 0 Å². The van der Waals surface area contributed by atoms with Gasteiger partial charge in [-0.15, -0.1) is 0 Å². The Kier molecular flexibility index (Phi) is 7.18. The minimum absolute atomic E-state index is 0.0694. The van der Waals surface area contributed by atoms with Crippen molar-refractivity contribution in [1.29, 1.82) is 0 Å². The zero-order valence-electron chi connectivity index (χ0n) is 18.6. The number of rotatable bonds is 9. The number of amides is 1. The van der Waals surface area contributed by atoms with Crippen LogP contribution in [0.25, 0.3) is 0 Å². The molecule has 0 N–H and O–H groups in total. The van der Waals surface area contributed by atoms with Crippen molar-refractivity contribution in [1.82, 2.24) is 10.1 Å². The van der Waals surface area contributed by atoms with Gasteiger partial charge in [0, 0.05) is 18.7 Å². The molecule has 7 nitrogen and oxygen atoms in total. The van der Waals surface area contributed by atoms with E-state index in [9.17, 15) is 4.79 Å². The number of hydrogen-bond donors (Lipinski definition) is 0. The van der Waals surface area contributed by atoms with Gasteiger partial charge in [-0.2, -0.15) is 0 Å². The van der Waals surface area contributed by atoms with Crippen LogP contribution in [-0.4, -0.2) is 36.7 Å². The molecule has 7 heteroatoms. The summed E-state index contributed by atoms with van der Waals surface area (Å²) in [6.45, 7) is 7.05. The van der Waals surface area contributed by atoms with E-state index in [0.29, 0.717) is 42.5 Å². The summed E-state index contributed by atoms with van der Waals surface area (Å²) in [7, 11) is 3.19. The highest BCUT2D eigenvalue weighted by molar-refractivity contribution is 5.94. The molecule has 0 radical (unpaired) electrons. The number of ether oxygens (including phenoxy) is 3. The van der Waals surface area contributed by atoms with Gasteiger partial charge in [0.25, 0.3) is 5.91 Å². The van der Waals surface area contributed by atoms with E-state index >= 15 is 0 Å². The predicted molar refractivity (Wildman–Crippen MR) is 117 cm³/mol. The molecule has 0 aliphatic carbocycles. The molecule has 0 atom stereocenters. The Balaban J connectivity index is 1.72. The molecule has 0 unspecified atom stereocenters. The average molecular weight is 424 g/mol. The molecule has 0 fully saturated rings. The van der Waals surface area contributed by atoms with Crippen molar-refractivity contribution < 1.29 is 23.5 Å². The van der Waals surface area contributed by atoms with E-state index in [2.05, 4.69) is 5.16 Å². The van der Waals surface area contributed by atoms with E-state index in [0.717, 1.165) is 22.6 Å². The zero-order valence-corrected chi connectivity index (χ0v) is 18.6. The van der Waals surface area contributed by atoms with Gasteiger partial charge in [0.1, 0.15) is 18.1 Å². The molecular formula is C24H28N2O5. The van der Waals surface area contributed by atoms with Crippen LogP contribution in [0.4, 0.5) is 0 Å². The lowest BCUT2D eigenvalue weighted by atomic mass is 10.1. The molecule has 0 aliphatic rings. The van der Waals surface area contributed by atoms with Crippen molar-refractivity contribution in [2.45, 2.75) is 33.9 Å². The van der Waals surface area contributed by atoms with Crippen LogP contribution < -0.4 is 14.2 Å². The topological polar surface area (TPSA) is 74.0 Å². The van der Waals surface area contributed by atoms with Gasteiger partial charge in [-0.1, -0.05) is 17.3 Å². The zero-order chi connectivity index (χ0) is 22.4. The molecule has 1 amide bonds. The number of aryl methyl sites for hydroxylation is 2. The van der Waals surface area contributed by atoms with E-state index in [1.807, 2.05) is 51.1 Å². The maximum absolute atomic E-state index is 13.1. The Hall–Kier alpha value is -3.48. The molecule has 3 rings (SSSR count). The van der Waals surface area contributed by atoms with Gasteiger partial charge >= 0.3 is 0 Å². The maximum atomic E-state index is 13.1. The first-order valence-corrected chi connectivity index (χ1v) is 10.1. The number of methoxy groups -OCH3 is 2. The molecule has 0 aliphatic heterocycles. The van der Waals surface area contributed by atoms with Crippen molar-refractivity contribution in [3.8, 4) is 17.2 Å². The minimum Gasteiger partial charge on any atom is -0.493 e. The predicted octanol–water partition coefficient (Wildman–Crippen LogP) is 4.55. The third kappa shape index (κ3) is 5.17. The van der Waals surface area contributed by atoms with Gasteiger partial charge in [-0.25, -0.2) is 0 Å². The number of hydrogen-bond acceptors (Lipinski definition) is 6. The number of benzene rings is 2. The maximum Gasteiger partial charge on any atom is 0.254 e. The van der Waals surface area contributed by atoms with Crippen molar-refractivity contribution in [3.05, 3.63) is 70.6 Å². The summed E-state index contributed by atoms with van der Waals surface area (Å²) in [6, 6.07) is 12.9. The minimum atomic E-state index is -0.0694. The highest BCUT2D eigenvalue weighted by Gasteiger charge is 2.17. The number of nitrogens with zero attached hydrogens (tertiary/aromatic N) is 2. The van der Waals surface area contributed by atoms with Gasteiger partial charge in [0.2, 0.25) is 0 Å². The first-order chi connectivity index (χ1) is 15.0. The standard InChI is InChI=1S/C24H28N2O5/c1-6-26(14-18-10-11-22(28-4)23(12-18)29-5)24(27)19-8-7-9-20(13-19)30-15-21-16(2)25-31-17(21)3/h7-13H,6,14-15H2,1-5H3. The van der Waals surface area contributed by atoms with E-state index < -0.39 is 0 Å². The first-order valence-electron chi connectivity index (χ1n) is 10.1. The quantitative estimate of drug-likeness (QED) is 0.502. The Morgan fingerprint density at radius 2 is 1.84 bits per heavy atom. The van der Waals surface area contributed by atoms with Gasteiger partial charge in [0.15, 0.2) is 11.5 Å². The van der Waals surface area contributed by atoms with Crippen LogP contribution in [0.3, 0.4) is 0 Å². The van der Waals surface area contributed by atoms with Gasteiger partial charge < -0.3 is 23.6 Å². The van der Waals surface area contributed by atoms with E-state index in [-0.39, 0.29) is 5.91 Å². The monoisotopic (exact) mass is 424 g/mol. The summed E-state index contributed by atoms with van der Waals surface area (Å²) in [5.41, 5.74) is 3.24. The lowest BCUT2D eigenvalue weighted by Crippen LogP contribution is -2.30. The summed E-state index contributed by atoms with van der Waals surface area (Å²) in [5, 5.41) is 3.94. The third-order valence-corrected chi connectivity index (χ3v) is 5.14. The molecule has 0 spiro atoms. The van der Waals surface area contributed by atoms with Crippen LogP contribution in [0, 0.1) is 13.8 Å². The lowest BCUT2D eigenvalue weighted by molar-refractivity contribution is 0.0752. The fourth-order valence-electron chi connectivity index (χ4n) is 3.29. The van der Waals surface area contributed by atoms with Crippen LogP contribution in [0.5, 0.6) is 17.2 Å². The van der Waals surface area contributed by atoms with Crippen LogP contribution in [0.1, 0.15) is 39.9 Å². The van der Waals surface area contributed by atoms with Gasteiger partial charge in [-0.05, 0) is 56.7 Å². The van der Waals surface area contributed by atoms with Crippen LogP contribution in [0.15, 0.2) is 47.0 Å². The Morgan fingerprint density at radius 1 is 1.06 bits per heavy atom. The molecule has 164 valence electrons. The summed E-state index contributed by atoms with van der Waals surface area (Å²) in [6.07, 6.45) is 0. The fourth-order valence-corrected chi connectivity index (χ4v) is 3.29. The van der Waals surface area contributed by atoms with E-state index in [4.69, 9.17) is 18.7 Å². The lowest BCUT2D eigenvalue weighted by Gasteiger charge is -2.22. The van der Waals surface area contributed by atoms with Crippen molar-refractivity contribution >= 4 is 5.91 Å². The van der Waals surface area contributed by atoms with Gasteiger partial charge in [0.05, 0.1) is 25.5 Å². The van der Waals surface area contributed by atoms with Gasteiger partial charge in [-0.3, -0.25) is 4.79 Å². The van der Waals surface area contributed by atoms with Crippen LogP contribution >= 0.6 is 0 Å². The molecule has 1 aromatic heterocycles. The summed E-state index contributed by atoms with van der Waals surface area (Å²) < 4.78 is 21.7. The molecule has 3 aromatic rings. The van der Waals surface area contributed by atoms with Crippen molar-refractivity contribution in [2.24, 2.45) is 0 Å².